The van der Waals surface area contributed by atoms with Crippen molar-refractivity contribution in [3.8, 4) is 0 Å². The molecule has 0 spiro atoms. The van der Waals surface area contributed by atoms with Crippen LogP contribution in [-0.2, 0) is 13.8 Å². The first-order chi connectivity index (χ1) is 16.1. The number of unbranched alkanes of at least 4 members (excludes halogenated alkanes) is 8. The molecular weight excluding hydrogens is 471 g/mol. The van der Waals surface area contributed by atoms with Gasteiger partial charge in [0.2, 0.25) is 0 Å². The molecule has 12 nitrogen and oxygen atoms in total. The fraction of sp³-hybridized carbons (Fsp3) is 0.810. The number of phosphoric ester groups is 1. The Morgan fingerprint density at radius 3 is 2.21 bits per heavy atom. The number of hydrogen-bond donors (Lipinski definition) is 5. The van der Waals surface area contributed by atoms with Crippen LogP contribution in [0.25, 0.3) is 0 Å². The molecule has 0 aliphatic carbocycles. The van der Waals surface area contributed by atoms with Gasteiger partial charge in [-0.05, 0) is 12.8 Å². The fourth-order valence-corrected chi connectivity index (χ4v) is 4.35. The van der Waals surface area contributed by atoms with Gasteiger partial charge in [-0.25, -0.2) is 13.9 Å². The summed E-state index contributed by atoms with van der Waals surface area (Å²) in [6.07, 6.45) is 3.56. The van der Waals surface area contributed by atoms with E-state index >= 15 is 0 Å². The van der Waals surface area contributed by atoms with E-state index in [0.29, 0.717) is 11.0 Å². The van der Waals surface area contributed by atoms with Gasteiger partial charge in [0.05, 0.1) is 6.61 Å². The van der Waals surface area contributed by atoms with Crippen LogP contribution in [0.4, 0.5) is 0 Å². The molecule has 1 fully saturated rings. The third-order valence-corrected chi connectivity index (χ3v) is 6.41. The molecule has 0 aromatic carbocycles. The van der Waals surface area contributed by atoms with E-state index in [4.69, 9.17) is 14.5 Å². The average Bonchev–Trinajstić information content (AvgIpc) is 3.04. The summed E-state index contributed by atoms with van der Waals surface area (Å²) in [4.78, 5) is 42.8. The molecule has 1 aliphatic rings. The summed E-state index contributed by atoms with van der Waals surface area (Å²) >= 11 is 0. The molecule has 13 heteroatoms. The van der Waals surface area contributed by atoms with Crippen molar-refractivity contribution in [3.05, 3.63) is 33.1 Å². The van der Waals surface area contributed by atoms with Gasteiger partial charge in [-0.1, -0.05) is 58.3 Å². The number of aliphatic hydroxyl groups is 3. The molecular formula is C21H37N2O10P. The number of rotatable bonds is 15. The first-order valence-corrected chi connectivity index (χ1v) is 13.3. The minimum absolute atomic E-state index is 0.199. The number of aromatic nitrogens is 2. The van der Waals surface area contributed by atoms with E-state index in [1.54, 1.807) is 0 Å². The van der Waals surface area contributed by atoms with Gasteiger partial charge in [-0.2, -0.15) is 0 Å². The molecule has 0 radical (unpaired) electrons. The molecule has 0 amide bonds. The average molecular weight is 509 g/mol. The van der Waals surface area contributed by atoms with E-state index in [-0.39, 0.29) is 6.42 Å². The molecule has 2 rings (SSSR count). The smallest absolute Gasteiger partial charge is 0.387 e. The van der Waals surface area contributed by atoms with Gasteiger partial charge >= 0.3 is 13.5 Å². The van der Waals surface area contributed by atoms with Crippen molar-refractivity contribution in [2.24, 2.45) is 0 Å². The van der Waals surface area contributed by atoms with E-state index in [1.807, 2.05) is 0 Å². The van der Waals surface area contributed by atoms with Gasteiger partial charge in [-0.15, -0.1) is 0 Å². The van der Waals surface area contributed by atoms with Gasteiger partial charge in [-0.3, -0.25) is 13.9 Å². The lowest BCUT2D eigenvalue weighted by molar-refractivity contribution is -0.0562. The lowest BCUT2D eigenvalue weighted by Gasteiger charge is -2.20. The van der Waals surface area contributed by atoms with Crippen molar-refractivity contribution in [2.75, 3.05) is 6.61 Å². The minimum atomic E-state index is -4.84. The molecule has 5 atom stereocenters. The second-order valence-corrected chi connectivity index (χ2v) is 9.88. The van der Waals surface area contributed by atoms with E-state index in [0.717, 1.165) is 36.1 Å². The maximum absolute atomic E-state index is 12.9. The maximum atomic E-state index is 12.9. The summed E-state index contributed by atoms with van der Waals surface area (Å²) in [5.41, 5.74) is -1.66. The molecule has 196 valence electrons. The molecule has 2 heterocycles. The first-order valence-electron chi connectivity index (χ1n) is 11.8. The molecule has 1 aliphatic heterocycles. The number of ether oxygens (including phenoxy) is 1. The van der Waals surface area contributed by atoms with E-state index in [2.05, 4.69) is 11.4 Å². The van der Waals surface area contributed by atoms with Crippen LogP contribution in [0, 0.1) is 0 Å². The van der Waals surface area contributed by atoms with Crippen molar-refractivity contribution in [1.82, 2.24) is 9.13 Å². The van der Waals surface area contributed by atoms with Crippen molar-refractivity contribution in [2.45, 2.75) is 102 Å². The standard InChI is InChI=1S/C21H37N2O10P/c1-2-3-4-5-6-7-8-9-10-11-16(24)23-17(25)12-13-22(21(23)28)20-19(27)18(26)15(33-20)14-32-34(29,30)31/h12-13,15-16,18-20,24,26-27H,2-11,14H2,1H3,(H2,29,30,31)/t15-,16?,18-,19-,20-/m1/s1. The Balaban J connectivity index is 1.97. The van der Waals surface area contributed by atoms with Gasteiger partial charge in [0.25, 0.3) is 5.56 Å². The minimum Gasteiger partial charge on any atom is -0.387 e. The zero-order valence-electron chi connectivity index (χ0n) is 19.4. The predicted molar refractivity (Wildman–Crippen MR) is 122 cm³/mol. The molecule has 0 bridgehead atoms. The van der Waals surface area contributed by atoms with Crippen molar-refractivity contribution >= 4 is 7.82 Å². The van der Waals surface area contributed by atoms with Crippen LogP contribution < -0.4 is 11.2 Å². The Bertz CT molecular complexity index is 914. The first kappa shape index (κ1) is 28.9. The van der Waals surface area contributed by atoms with Crippen LogP contribution in [0.2, 0.25) is 0 Å². The highest BCUT2D eigenvalue weighted by atomic mass is 31.2. The number of aliphatic hydroxyl groups excluding tert-OH is 3. The van der Waals surface area contributed by atoms with Gasteiger partial charge in [0.1, 0.15) is 24.5 Å². The quantitative estimate of drug-likeness (QED) is 0.170. The monoisotopic (exact) mass is 508 g/mol. The Kier molecular flexibility index (Phi) is 11.6. The normalized spacial score (nSPS) is 23.9. The summed E-state index contributed by atoms with van der Waals surface area (Å²) in [5, 5.41) is 30.9. The SMILES string of the molecule is CCCCCCCCCCCC(O)n1c(=O)ccn([C@@H]2O[C@H](COP(=O)(O)O)[C@@H](O)[C@H]2O)c1=O. The number of hydrogen-bond acceptors (Lipinski definition) is 8. The third kappa shape index (κ3) is 8.39. The van der Waals surface area contributed by atoms with Crippen LogP contribution in [-0.4, -0.2) is 59.2 Å². The largest absolute Gasteiger partial charge is 0.469 e. The van der Waals surface area contributed by atoms with Gasteiger partial charge < -0.3 is 29.8 Å². The Morgan fingerprint density at radius 1 is 1.03 bits per heavy atom. The van der Waals surface area contributed by atoms with Crippen LogP contribution in [0.3, 0.4) is 0 Å². The highest BCUT2D eigenvalue weighted by Gasteiger charge is 2.45. The fourth-order valence-electron chi connectivity index (χ4n) is 4.01. The predicted octanol–water partition coefficient (Wildman–Crippen LogP) is 1.15. The molecule has 34 heavy (non-hydrogen) atoms. The summed E-state index contributed by atoms with van der Waals surface area (Å²) in [6.45, 7) is 1.45. The van der Waals surface area contributed by atoms with E-state index < -0.39 is 56.4 Å². The zero-order chi connectivity index (χ0) is 25.3. The third-order valence-electron chi connectivity index (χ3n) is 5.92. The molecule has 0 saturated carbocycles. The van der Waals surface area contributed by atoms with E-state index in [1.165, 1.54) is 32.1 Å². The highest BCUT2D eigenvalue weighted by Crippen LogP contribution is 2.38. The van der Waals surface area contributed by atoms with Gasteiger partial charge in [0, 0.05) is 12.3 Å². The van der Waals surface area contributed by atoms with Crippen LogP contribution in [0.15, 0.2) is 21.9 Å². The molecule has 5 N–H and O–H groups in total. The zero-order valence-corrected chi connectivity index (χ0v) is 20.3. The number of nitrogens with zero attached hydrogens (tertiary/aromatic N) is 2. The lowest BCUT2D eigenvalue weighted by atomic mass is 10.1. The Morgan fingerprint density at radius 2 is 1.62 bits per heavy atom. The molecule has 1 aromatic heterocycles. The number of phosphoric acid groups is 1. The highest BCUT2D eigenvalue weighted by molar-refractivity contribution is 7.46. The van der Waals surface area contributed by atoms with Crippen LogP contribution in [0.1, 0.15) is 83.6 Å². The lowest BCUT2D eigenvalue weighted by Crippen LogP contribution is -2.44. The second kappa shape index (κ2) is 13.6. The van der Waals surface area contributed by atoms with Crippen molar-refractivity contribution in [3.63, 3.8) is 0 Å². The summed E-state index contributed by atoms with van der Waals surface area (Å²) in [7, 11) is -4.84. The topological polar surface area (TPSA) is 181 Å². The summed E-state index contributed by atoms with van der Waals surface area (Å²) in [5.74, 6) is 0. The van der Waals surface area contributed by atoms with Crippen molar-refractivity contribution in [1.29, 1.82) is 0 Å². The maximum Gasteiger partial charge on any atom is 0.469 e. The van der Waals surface area contributed by atoms with Gasteiger partial charge in [0.15, 0.2) is 6.23 Å². The van der Waals surface area contributed by atoms with E-state index in [9.17, 15) is 29.5 Å². The molecule has 1 unspecified atom stereocenters. The summed E-state index contributed by atoms with van der Waals surface area (Å²) < 4.78 is 22.1. The van der Waals surface area contributed by atoms with Crippen LogP contribution >= 0.6 is 7.82 Å². The second-order valence-electron chi connectivity index (χ2n) is 8.64. The van der Waals surface area contributed by atoms with Crippen LogP contribution in [0.5, 0.6) is 0 Å². The molecule has 1 aromatic rings. The Labute approximate surface area is 198 Å². The Hall–Kier alpha value is -1.37. The molecule has 1 saturated heterocycles. The summed E-state index contributed by atoms with van der Waals surface area (Å²) in [6, 6.07) is 1.03. The van der Waals surface area contributed by atoms with Crippen molar-refractivity contribution < 1.29 is 38.9 Å².